The van der Waals surface area contributed by atoms with Crippen molar-refractivity contribution in [3.63, 3.8) is 0 Å². The summed E-state index contributed by atoms with van der Waals surface area (Å²) in [6.45, 7) is 3.26. The number of carbonyl (C=O) groups is 2. The van der Waals surface area contributed by atoms with E-state index >= 15 is 0 Å². The third kappa shape index (κ3) is 1.13. The van der Waals surface area contributed by atoms with Crippen molar-refractivity contribution < 1.29 is 19.4 Å². The van der Waals surface area contributed by atoms with E-state index in [0.29, 0.717) is 6.42 Å². The zero-order valence-corrected chi connectivity index (χ0v) is 7.06. The molecule has 0 aromatic carbocycles. The van der Waals surface area contributed by atoms with Crippen LogP contribution in [-0.4, -0.2) is 24.0 Å². The quantitative estimate of drug-likeness (QED) is 0.510. The topological polar surface area (TPSA) is 66.4 Å². The molecule has 4 atom stereocenters. The first-order valence-corrected chi connectivity index (χ1v) is 4.33. The molecule has 4 heteroatoms. The molecule has 2 unspecified atom stereocenters. The maximum absolute atomic E-state index is 11.1. The Labute approximate surface area is 75.9 Å². The number of Topliss-reactive ketones (excluding diaryl/α,β-unsaturated/α-hetero) is 1. The molecule has 0 N–H and O–H groups in total. The summed E-state index contributed by atoms with van der Waals surface area (Å²) in [6, 6.07) is 0. The molecule has 2 aliphatic heterocycles. The molecule has 70 valence electrons. The van der Waals surface area contributed by atoms with E-state index in [1.165, 1.54) is 0 Å². The second-order valence-corrected chi connectivity index (χ2v) is 3.63. The summed E-state index contributed by atoms with van der Waals surface area (Å²) < 4.78 is 5.34. The summed E-state index contributed by atoms with van der Waals surface area (Å²) in [5.74, 6) is -2.89. The molecule has 0 saturated carbocycles. The van der Waals surface area contributed by atoms with Crippen molar-refractivity contribution in [2.24, 2.45) is 11.8 Å². The minimum atomic E-state index is -1.19. The van der Waals surface area contributed by atoms with Gasteiger partial charge in [-0.3, -0.25) is 0 Å². The lowest BCUT2D eigenvalue weighted by atomic mass is 9.77. The van der Waals surface area contributed by atoms with Crippen LogP contribution < -0.4 is 5.11 Å². The average Bonchev–Trinajstić information content (AvgIpc) is 2.60. The van der Waals surface area contributed by atoms with Gasteiger partial charge < -0.3 is 14.6 Å². The highest BCUT2D eigenvalue weighted by atomic mass is 16.5. The van der Waals surface area contributed by atoms with Crippen LogP contribution in [-0.2, 0) is 14.3 Å². The summed E-state index contributed by atoms with van der Waals surface area (Å²) in [5, 5.41) is 10.7. The van der Waals surface area contributed by atoms with Crippen molar-refractivity contribution in [2.45, 2.75) is 25.0 Å². The monoisotopic (exact) mass is 182 g/mol. The molecule has 2 bridgehead atoms. The number of ether oxygens (including phenoxy) is 1. The Bertz CT molecular complexity index is 234. The maximum Gasteiger partial charge on any atom is 0.309 e. The van der Waals surface area contributed by atoms with Gasteiger partial charge in [0.2, 0.25) is 0 Å². The fraction of sp³-hybridized carbons (Fsp3) is 0.667. The zero-order chi connectivity index (χ0) is 9.59. The third-order valence-electron chi connectivity index (χ3n) is 2.92. The number of carboxylic acid groups (broad SMARTS) is 1. The Morgan fingerprint density at radius 3 is 2.15 bits per heavy atom. The summed E-state index contributed by atoms with van der Waals surface area (Å²) in [4.78, 5) is 21.8. The van der Waals surface area contributed by atoms with Gasteiger partial charge in [0, 0.05) is 11.9 Å². The van der Waals surface area contributed by atoms with Gasteiger partial charge in [-0.05, 0) is 12.8 Å². The minimum absolute atomic E-state index is 0.238. The van der Waals surface area contributed by atoms with E-state index in [-0.39, 0.29) is 18.0 Å². The average molecular weight is 182 g/mol. The number of hydrogen-bond acceptors (Lipinski definition) is 4. The van der Waals surface area contributed by atoms with Crippen LogP contribution in [0.5, 0.6) is 0 Å². The Morgan fingerprint density at radius 1 is 1.23 bits per heavy atom. The molecule has 4 nitrogen and oxygen atoms in total. The second kappa shape index (κ2) is 2.73. The van der Waals surface area contributed by atoms with E-state index < -0.39 is 17.8 Å². The Balaban J connectivity index is 2.24. The SMILES string of the molecule is [CH2+]C(=O)C1C(C(=O)[O-])[C@@H]2CC[C@H]1O2. The van der Waals surface area contributed by atoms with Gasteiger partial charge in [-0.2, -0.15) is 0 Å². The molecule has 0 aromatic rings. The van der Waals surface area contributed by atoms with E-state index in [1.54, 1.807) is 0 Å². The number of ketones is 1. The van der Waals surface area contributed by atoms with Crippen LogP contribution in [0.4, 0.5) is 0 Å². The highest BCUT2D eigenvalue weighted by molar-refractivity contribution is 5.90. The van der Waals surface area contributed by atoms with Gasteiger partial charge in [0.1, 0.15) is 6.92 Å². The fourth-order valence-corrected chi connectivity index (χ4v) is 2.39. The highest BCUT2D eigenvalue weighted by Gasteiger charge is 2.53. The molecule has 2 fully saturated rings. The van der Waals surface area contributed by atoms with E-state index in [2.05, 4.69) is 6.92 Å². The van der Waals surface area contributed by atoms with Crippen molar-refractivity contribution in [1.82, 2.24) is 0 Å². The number of carbonyl (C=O) groups excluding carboxylic acids is 2. The first kappa shape index (κ1) is 8.56. The predicted molar refractivity (Wildman–Crippen MR) is 40.2 cm³/mol. The Hall–Kier alpha value is -1.03. The number of fused-ring (bicyclic) bond motifs is 2. The lowest BCUT2D eigenvalue weighted by Gasteiger charge is -2.24. The predicted octanol–water partition coefficient (Wildman–Crippen LogP) is -1.07. The van der Waals surface area contributed by atoms with E-state index in [0.717, 1.165) is 6.42 Å². The molecule has 0 radical (unpaired) electrons. The van der Waals surface area contributed by atoms with Gasteiger partial charge in [0.15, 0.2) is 0 Å². The first-order valence-electron chi connectivity index (χ1n) is 4.33. The molecule has 0 aromatic heterocycles. The van der Waals surface area contributed by atoms with Gasteiger partial charge in [0.05, 0.1) is 18.1 Å². The molecule has 0 aliphatic carbocycles. The summed E-state index contributed by atoms with van der Waals surface area (Å²) in [5.41, 5.74) is 0. The number of carboxylic acids is 1. The normalized spacial score (nSPS) is 42.2. The Kier molecular flexibility index (Phi) is 1.80. The molecular formula is C9H10O4. The van der Waals surface area contributed by atoms with Gasteiger partial charge >= 0.3 is 5.78 Å². The van der Waals surface area contributed by atoms with Crippen LogP contribution in [0.15, 0.2) is 0 Å². The van der Waals surface area contributed by atoms with Crippen LogP contribution in [0.1, 0.15) is 12.8 Å². The van der Waals surface area contributed by atoms with Gasteiger partial charge in [-0.1, -0.05) is 0 Å². The van der Waals surface area contributed by atoms with Crippen LogP contribution >= 0.6 is 0 Å². The van der Waals surface area contributed by atoms with Gasteiger partial charge in [0.25, 0.3) is 0 Å². The van der Waals surface area contributed by atoms with E-state index in [9.17, 15) is 14.7 Å². The van der Waals surface area contributed by atoms with E-state index in [4.69, 9.17) is 4.74 Å². The maximum atomic E-state index is 11.1. The van der Waals surface area contributed by atoms with Crippen LogP contribution in [0.3, 0.4) is 0 Å². The largest absolute Gasteiger partial charge is 0.550 e. The molecule has 0 spiro atoms. The summed E-state index contributed by atoms with van der Waals surface area (Å²) in [6.07, 6.45) is 0.914. The van der Waals surface area contributed by atoms with Crippen molar-refractivity contribution in [3.05, 3.63) is 6.92 Å². The number of rotatable bonds is 2. The highest BCUT2D eigenvalue weighted by Crippen LogP contribution is 2.43. The third-order valence-corrected chi connectivity index (χ3v) is 2.92. The Morgan fingerprint density at radius 2 is 1.77 bits per heavy atom. The van der Waals surface area contributed by atoms with Gasteiger partial charge in [-0.15, -0.1) is 0 Å². The van der Waals surface area contributed by atoms with Gasteiger partial charge in [-0.25, -0.2) is 4.79 Å². The summed E-state index contributed by atoms with van der Waals surface area (Å²) >= 11 is 0. The fourth-order valence-electron chi connectivity index (χ4n) is 2.39. The number of aliphatic carboxylic acids is 1. The number of hydrogen-bond donors (Lipinski definition) is 0. The first-order chi connectivity index (χ1) is 6.11. The van der Waals surface area contributed by atoms with Crippen molar-refractivity contribution >= 4 is 11.8 Å². The van der Waals surface area contributed by atoms with Crippen molar-refractivity contribution in [2.75, 3.05) is 0 Å². The minimum Gasteiger partial charge on any atom is -0.550 e. The smallest absolute Gasteiger partial charge is 0.309 e. The van der Waals surface area contributed by atoms with E-state index in [1.807, 2.05) is 0 Å². The molecule has 2 rings (SSSR count). The lowest BCUT2D eigenvalue weighted by Crippen LogP contribution is -2.44. The zero-order valence-electron chi connectivity index (χ0n) is 7.06. The van der Waals surface area contributed by atoms with Crippen LogP contribution in [0.25, 0.3) is 0 Å². The van der Waals surface area contributed by atoms with Crippen LogP contribution in [0, 0.1) is 18.8 Å². The molecule has 2 heterocycles. The summed E-state index contributed by atoms with van der Waals surface area (Å²) in [7, 11) is 0. The molecule has 2 saturated heterocycles. The van der Waals surface area contributed by atoms with Crippen molar-refractivity contribution in [3.8, 4) is 0 Å². The second-order valence-electron chi connectivity index (χ2n) is 3.63. The van der Waals surface area contributed by atoms with Crippen LogP contribution in [0.2, 0.25) is 0 Å². The molecule has 0 amide bonds. The molecular weight excluding hydrogens is 172 g/mol. The molecule has 2 aliphatic rings. The molecule has 13 heavy (non-hydrogen) atoms. The lowest BCUT2D eigenvalue weighted by molar-refractivity contribution is -0.313. The van der Waals surface area contributed by atoms with Crippen molar-refractivity contribution in [1.29, 1.82) is 0 Å². The standard InChI is InChI=1S/C9H10O4/c1-4(10)7-5-2-3-6(13-5)8(7)9(11)12/h5-8H,1-3H2/t5-,6+,7?,8?/m1/s1.